The maximum atomic E-state index is 12.0. The quantitative estimate of drug-likeness (QED) is 0.581. The predicted molar refractivity (Wildman–Crippen MR) is 69.3 cm³/mol. The summed E-state index contributed by atoms with van der Waals surface area (Å²) in [7, 11) is 0. The summed E-state index contributed by atoms with van der Waals surface area (Å²) in [6.07, 6.45) is 0. The minimum absolute atomic E-state index is 0.111. The van der Waals surface area contributed by atoms with Crippen LogP contribution in [0.5, 0.6) is 0 Å². The Kier molecular flexibility index (Phi) is 3.24. The Hall–Kier alpha value is -3.12. The van der Waals surface area contributed by atoms with Crippen molar-refractivity contribution in [3.8, 4) is 6.07 Å². The molecular weight excluding hydrogens is 264 g/mol. The van der Waals surface area contributed by atoms with Gasteiger partial charge in [0, 0.05) is 12.1 Å². The highest BCUT2D eigenvalue weighted by molar-refractivity contribution is 6.53. The molecule has 0 aliphatic carbocycles. The molecule has 2 rings (SSSR count). The molecule has 0 aromatic heterocycles. The summed E-state index contributed by atoms with van der Waals surface area (Å²) in [6, 6.07) is 5.54. The molecule has 1 amide bonds. The van der Waals surface area contributed by atoms with Crippen molar-refractivity contribution in [2.24, 2.45) is 10.8 Å². The highest BCUT2D eigenvalue weighted by atomic mass is 16.6. The zero-order valence-corrected chi connectivity index (χ0v) is 9.98. The van der Waals surface area contributed by atoms with Gasteiger partial charge in [-0.1, -0.05) is 6.07 Å². The lowest BCUT2D eigenvalue weighted by Crippen LogP contribution is -2.53. The number of benzene rings is 1. The normalized spacial score (nSPS) is 18.5. The first-order chi connectivity index (χ1) is 9.45. The molecule has 3 N–H and O–H groups in total. The molecule has 0 fully saturated rings. The van der Waals surface area contributed by atoms with E-state index in [1.807, 2.05) is 0 Å². The molecule has 20 heavy (non-hydrogen) atoms. The number of carbonyl (C=O) groups excluding carboxylic acids is 1. The van der Waals surface area contributed by atoms with Gasteiger partial charge in [-0.25, -0.2) is 0 Å². The zero-order chi connectivity index (χ0) is 14.9. The summed E-state index contributed by atoms with van der Waals surface area (Å²) in [5.74, 6) is -0.727. The number of amides is 1. The van der Waals surface area contributed by atoms with Crippen molar-refractivity contribution in [2.75, 3.05) is 5.01 Å². The topological polar surface area (TPSA) is 149 Å². The van der Waals surface area contributed by atoms with Gasteiger partial charge in [0.2, 0.25) is 0 Å². The van der Waals surface area contributed by atoms with E-state index in [1.54, 1.807) is 6.07 Å². The monoisotopic (exact) mass is 272 g/mol. The van der Waals surface area contributed by atoms with Crippen molar-refractivity contribution in [3.63, 3.8) is 0 Å². The van der Waals surface area contributed by atoms with Gasteiger partial charge in [0.25, 0.3) is 11.6 Å². The second-order valence-corrected chi connectivity index (χ2v) is 3.88. The summed E-state index contributed by atoms with van der Waals surface area (Å²) in [5.41, 5.74) is 4.74. The van der Waals surface area contributed by atoms with E-state index in [9.17, 15) is 14.9 Å². The largest absolute Gasteiger partial charge is 0.315 e. The molecule has 1 aliphatic heterocycles. The number of anilines is 1. The molecule has 1 aromatic rings. The van der Waals surface area contributed by atoms with Gasteiger partial charge < -0.3 is 11.1 Å². The van der Waals surface area contributed by atoms with E-state index in [4.69, 9.17) is 16.4 Å². The first kappa shape index (κ1) is 13.3. The molecule has 1 aliphatic rings. The number of nitrogens with two attached hydrogens (primary N) is 1. The molecule has 0 saturated heterocycles. The van der Waals surface area contributed by atoms with Gasteiger partial charge in [-0.05, 0) is 6.07 Å². The van der Waals surface area contributed by atoms with Crippen LogP contribution in [0, 0.1) is 26.9 Å². The molecule has 0 radical (unpaired) electrons. The molecule has 0 spiro atoms. The summed E-state index contributed by atoms with van der Waals surface area (Å²) >= 11 is 0. The Balaban J connectivity index is 2.51. The van der Waals surface area contributed by atoms with Crippen LogP contribution in [0.2, 0.25) is 0 Å². The van der Waals surface area contributed by atoms with E-state index >= 15 is 0 Å². The van der Waals surface area contributed by atoms with Crippen LogP contribution in [0.1, 0.15) is 0 Å². The smallest absolute Gasteiger partial charge is 0.271 e. The molecule has 0 saturated carbocycles. The summed E-state index contributed by atoms with van der Waals surface area (Å²) in [4.78, 5) is 22.0. The molecule has 1 unspecified atom stereocenters. The van der Waals surface area contributed by atoms with E-state index in [0.717, 1.165) is 11.1 Å². The molecule has 1 atom stereocenters. The van der Waals surface area contributed by atoms with E-state index < -0.39 is 16.9 Å². The molecule has 9 nitrogen and oxygen atoms in total. The van der Waals surface area contributed by atoms with E-state index in [0.29, 0.717) is 0 Å². The minimum atomic E-state index is -1.32. The van der Waals surface area contributed by atoms with Gasteiger partial charge in [-0.3, -0.25) is 14.9 Å². The predicted octanol–water partition coefficient (Wildman–Crippen LogP) is 0.168. The van der Waals surface area contributed by atoms with E-state index in [-0.39, 0.29) is 22.8 Å². The fourth-order valence-corrected chi connectivity index (χ4v) is 1.61. The number of rotatable bonds is 2. The lowest BCUT2D eigenvalue weighted by molar-refractivity contribution is -0.384. The van der Waals surface area contributed by atoms with Crippen molar-refractivity contribution in [2.45, 2.75) is 6.04 Å². The van der Waals surface area contributed by atoms with E-state index in [2.05, 4.69) is 5.10 Å². The molecular formula is C11H8N6O3. The van der Waals surface area contributed by atoms with Gasteiger partial charge in [0.05, 0.1) is 16.3 Å². The number of carbonyl (C=O) groups is 1. The van der Waals surface area contributed by atoms with Gasteiger partial charge >= 0.3 is 0 Å². The van der Waals surface area contributed by atoms with Gasteiger partial charge in [0.1, 0.15) is 12.1 Å². The number of hydrogen-bond acceptors (Lipinski definition) is 7. The van der Waals surface area contributed by atoms with Crippen LogP contribution in [0.15, 0.2) is 29.4 Å². The Labute approximate surface area is 112 Å². The number of nitro benzene ring substituents is 1. The van der Waals surface area contributed by atoms with Crippen molar-refractivity contribution in [1.82, 2.24) is 0 Å². The number of nitriles is 1. The number of nitrogens with zero attached hydrogens (tertiary/aromatic N) is 4. The van der Waals surface area contributed by atoms with Crippen molar-refractivity contribution in [1.29, 1.82) is 10.7 Å². The Morgan fingerprint density at radius 2 is 2.25 bits per heavy atom. The van der Waals surface area contributed by atoms with Crippen LogP contribution in [-0.4, -0.2) is 28.3 Å². The van der Waals surface area contributed by atoms with Gasteiger partial charge in [-0.2, -0.15) is 15.4 Å². The van der Waals surface area contributed by atoms with Crippen LogP contribution in [-0.2, 0) is 4.79 Å². The Bertz CT molecular complexity index is 690. The SMILES string of the molecule is N#CC1=NN(c2cccc([N+](=O)[O-])c2)C(=O)C(N)C1=N. The molecule has 9 heteroatoms. The lowest BCUT2D eigenvalue weighted by atomic mass is 10.1. The molecule has 1 heterocycles. The number of hydrazone groups is 1. The Morgan fingerprint density at radius 3 is 2.85 bits per heavy atom. The highest BCUT2D eigenvalue weighted by Crippen LogP contribution is 2.23. The Morgan fingerprint density at radius 1 is 1.55 bits per heavy atom. The van der Waals surface area contributed by atoms with Crippen molar-refractivity contribution < 1.29 is 9.72 Å². The molecule has 0 bridgehead atoms. The van der Waals surface area contributed by atoms with Gasteiger partial charge in [-0.15, -0.1) is 0 Å². The third-order valence-electron chi connectivity index (χ3n) is 2.63. The van der Waals surface area contributed by atoms with Crippen molar-refractivity contribution in [3.05, 3.63) is 34.4 Å². The third kappa shape index (κ3) is 2.11. The molecule has 1 aromatic carbocycles. The van der Waals surface area contributed by atoms with Crippen LogP contribution in [0.25, 0.3) is 0 Å². The molecule has 100 valence electrons. The average Bonchev–Trinajstić information content (AvgIpc) is 2.45. The summed E-state index contributed by atoms with van der Waals surface area (Å²) in [6.45, 7) is 0. The fraction of sp³-hybridized carbons (Fsp3) is 0.0909. The second kappa shape index (κ2) is 4.87. The fourth-order valence-electron chi connectivity index (χ4n) is 1.61. The van der Waals surface area contributed by atoms with Crippen molar-refractivity contribution >= 4 is 28.7 Å². The summed E-state index contributed by atoms with van der Waals surface area (Å²) in [5, 5.41) is 31.6. The standard InChI is InChI=1S/C11H8N6O3/c12-5-8-9(13)10(14)11(18)16(15-8)6-2-1-3-7(4-6)17(19)20/h1-4,10,13H,14H2. The number of hydrogen-bond donors (Lipinski definition) is 2. The zero-order valence-electron chi connectivity index (χ0n) is 9.98. The first-order valence-corrected chi connectivity index (χ1v) is 5.37. The van der Waals surface area contributed by atoms with Crippen LogP contribution in [0.4, 0.5) is 11.4 Å². The second-order valence-electron chi connectivity index (χ2n) is 3.88. The maximum Gasteiger partial charge on any atom is 0.271 e. The average molecular weight is 272 g/mol. The highest BCUT2D eigenvalue weighted by Gasteiger charge is 2.34. The van der Waals surface area contributed by atoms with Gasteiger partial charge in [0.15, 0.2) is 5.71 Å². The van der Waals surface area contributed by atoms with Crippen LogP contribution < -0.4 is 10.7 Å². The van der Waals surface area contributed by atoms with Crippen LogP contribution >= 0.6 is 0 Å². The third-order valence-corrected chi connectivity index (χ3v) is 2.63. The number of nitrogens with one attached hydrogen (secondary N) is 1. The maximum absolute atomic E-state index is 12.0. The number of nitro groups is 1. The minimum Gasteiger partial charge on any atom is -0.315 e. The number of non-ortho nitro benzene ring substituents is 1. The van der Waals surface area contributed by atoms with E-state index in [1.165, 1.54) is 18.2 Å². The lowest BCUT2D eigenvalue weighted by Gasteiger charge is -2.25. The first-order valence-electron chi connectivity index (χ1n) is 5.37. The summed E-state index contributed by atoms with van der Waals surface area (Å²) < 4.78 is 0. The van der Waals surface area contributed by atoms with Crippen LogP contribution in [0.3, 0.4) is 0 Å².